The number of hydrogen-bond acceptors (Lipinski definition) is 10. The Bertz CT molecular complexity index is 692. The van der Waals surface area contributed by atoms with Crippen molar-refractivity contribution in [1.82, 2.24) is 0 Å². The summed E-state index contributed by atoms with van der Waals surface area (Å²) in [7, 11) is -6.23. The average molecular weight is 643 g/mol. The van der Waals surface area contributed by atoms with Gasteiger partial charge in [-0.05, 0) is 71.8 Å². The Labute approximate surface area is 242 Å². The molecular weight excluding hydrogens is 589 g/mol. The van der Waals surface area contributed by atoms with Crippen molar-refractivity contribution in [2.75, 3.05) is 34.5 Å². The highest BCUT2D eigenvalue weighted by Crippen LogP contribution is 2.29. The summed E-state index contributed by atoms with van der Waals surface area (Å²) in [5.41, 5.74) is 0. The van der Waals surface area contributed by atoms with Gasteiger partial charge in [0.25, 0.3) is 0 Å². The summed E-state index contributed by atoms with van der Waals surface area (Å²) in [6.45, 7) is 26.8. The van der Waals surface area contributed by atoms with E-state index in [4.69, 9.17) is 35.1 Å². The van der Waals surface area contributed by atoms with Gasteiger partial charge in [0, 0.05) is 45.6 Å². The van der Waals surface area contributed by atoms with E-state index in [0.717, 1.165) is 6.08 Å². The summed E-state index contributed by atoms with van der Waals surface area (Å²) in [6, 6.07) is 1.29. The van der Waals surface area contributed by atoms with Crippen molar-refractivity contribution in [3.8, 4) is 0 Å². The zero-order valence-corrected chi connectivity index (χ0v) is 31.4. The van der Waals surface area contributed by atoms with Crippen LogP contribution in [-0.2, 0) is 44.7 Å². The highest BCUT2D eigenvalue weighted by molar-refractivity contribution is 6.90. The largest absolute Gasteiger partial charge is 0.500 e. The molecule has 0 N–H and O–H groups in total. The summed E-state index contributed by atoms with van der Waals surface area (Å²) >= 11 is 0. The van der Waals surface area contributed by atoms with Gasteiger partial charge < -0.3 is 35.1 Å². The number of carbonyl (C=O) groups excluding carboxylic acids is 2. The quantitative estimate of drug-likeness (QED) is 0.0767. The molecule has 0 amide bonds. The minimum Gasteiger partial charge on any atom is -0.463 e. The second-order valence-electron chi connectivity index (χ2n) is 11.6. The van der Waals surface area contributed by atoms with Crippen molar-refractivity contribution >= 4 is 54.5 Å². The van der Waals surface area contributed by atoms with Crippen LogP contribution in [0, 0.1) is 0 Å². The topological polar surface area (TPSA) is 108 Å². The van der Waals surface area contributed by atoms with Gasteiger partial charge in [0.2, 0.25) is 0 Å². The summed E-state index contributed by atoms with van der Waals surface area (Å²) in [5.74, 6) is -0.819. The van der Waals surface area contributed by atoms with Crippen LogP contribution < -0.4 is 0 Å². The van der Waals surface area contributed by atoms with Gasteiger partial charge in [0.1, 0.15) is 0 Å². The highest BCUT2D eigenvalue weighted by atomic mass is 28.5. The SMILES string of the molecule is C=CC(=O)OCCC[Si](OC)(OC)OC.C=CC(=O)OCCC[Si](O[Si](C)(C)C)(O[Si](C)(C)C)O[Si](C)(C)C. The third-order valence-corrected chi connectivity index (χ3v) is 19.3. The normalized spacial score (nSPS) is 12.7. The lowest BCUT2D eigenvalue weighted by atomic mass is 10.5. The number of ether oxygens (including phenoxy) is 2. The van der Waals surface area contributed by atoms with Crippen LogP contribution in [0.25, 0.3) is 0 Å². The predicted octanol–water partition coefficient (Wildman–Crippen LogP) is 5.58. The minimum absolute atomic E-state index is 0.315. The zero-order valence-electron chi connectivity index (χ0n) is 26.4. The molecule has 0 unspecified atom stereocenters. The second kappa shape index (κ2) is 18.6. The van der Waals surface area contributed by atoms with E-state index in [1.807, 2.05) is 0 Å². The molecule has 0 aliphatic heterocycles. The van der Waals surface area contributed by atoms with Crippen molar-refractivity contribution in [2.45, 2.75) is 83.9 Å². The van der Waals surface area contributed by atoms with E-state index in [-0.39, 0.29) is 0 Å². The Morgan fingerprint density at radius 2 is 0.846 bits per heavy atom. The summed E-state index contributed by atoms with van der Waals surface area (Å²) in [5, 5.41) is 0. The van der Waals surface area contributed by atoms with Crippen LogP contribution in [0.15, 0.2) is 25.3 Å². The van der Waals surface area contributed by atoms with Crippen molar-refractivity contribution in [3.05, 3.63) is 25.3 Å². The Hall–Kier alpha value is -0.736. The Morgan fingerprint density at radius 1 is 0.564 bits per heavy atom. The Kier molecular flexibility index (Phi) is 19.3. The van der Waals surface area contributed by atoms with Crippen LogP contribution in [0.2, 0.25) is 71.0 Å². The molecule has 0 aromatic heterocycles. The molecule has 0 fully saturated rings. The molecule has 10 nitrogen and oxygen atoms in total. The number of esters is 2. The van der Waals surface area contributed by atoms with Crippen LogP contribution in [-0.4, -0.2) is 89.0 Å². The van der Waals surface area contributed by atoms with Crippen molar-refractivity contribution in [1.29, 1.82) is 0 Å². The maximum absolute atomic E-state index is 11.2. The molecule has 0 atom stereocenters. The molecule has 39 heavy (non-hydrogen) atoms. The Morgan fingerprint density at radius 3 is 1.08 bits per heavy atom. The zero-order chi connectivity index (χ0) is 31.0. The first kappa shape index (κ1) is 40.4. The maximum atomic E-state index is 11.2. The predicted molar refractivity (Wildman–Crippen MR) is 167 cm³/mol. The van der Waals surface area contributed by atoms with Gasteiger partial charge in [-0.3, -0.25) is 0 Å². The van der Waals surface area contributed by atoms with E-state index in [0.29, 0.717) is 38.1 Å². The second-order valence-corrected chi connectivity index (χ2v) is 31.7. The van der Waals surface area contributed by atoms with E-state index >= 15 is 0 Å². The fraction of sp³-hybridized carbons (Fsp3) is 0.750. The molecule has 0 aliphatic rings. The van der Waals surface area contributed by atoms with Gasteiger partial charge in [0.05, 0.1) is 13.2 Å². The van der Waals surface area contributed by atoms with Gasteiger partial charge in [-0.25, -0.2) is 9.59 Å². The van der Waals surface area contributed by atoms with E-state index in [1.54, 1.807) is 21.3 Å². The molecule has 0 rings (SSSR count). The van der Waals surface area contributed by atoms with Gasteiger partial charge in [-0.15, -0.1) is 0 Å². The van der Waals surface area contributed by atoms with Gasteiger partial charge in [0.15, 0.2) is 25.0 Å². The maximum Gasteiger partial charge on any atom is 0.500 e. The summed E-state index contributed by atoms with van der Waals surface area (Å²) < 4.78 is 45.2. The lowest BCUT2D eigenvalue weighted by Gasteiger charge is -2.42. The molecule has 230 valence electrons. The minimum atomic E-state index is -2.82. The monoisotopic (exact) mass is 642 g/mol. The van der Waals surface area contributed by atoms with Crippen LogP contribution >= 0.6 is 0 Å². The van der Waals surface area contributed by atoms with Gasteiger partial charge >= 0.3 is 29.5 Å². The van der Waals surface area contributed by atoms with Crippen molar-refractivity contribution in [2.24, 2.45) is 0 Å². The molecule has 0 saturated carbocycles. The molecule has 0 aromatic rings. The molecule has 0 spiro atoms. The van der Waals surface area contributed by atoms with E-state index in [9.17, 15) is 9.59 Å². The van der Waals surface area contributed by atoms with E-state index in [1.165, 1.54) is 6.08 Å². The molecule has 15 heteroatoms. The number of rotatable bonds is 19. The summed E-state index contributed by atoms with van der Waals surface area (Å²) in [6.07, 6.45) is 3.63. The third kappa shape index (κ3) is 21.7. The number of hydrogen-bond donors (Lipinski definition) is 0. The van der Waals surface area contributed by atoms with Crippen LogP contribution in [0.3, 0.4) is 0 Å². The first-order valence-corrected chi connectivity index (χ1v) is 27.1. The van der Waals surface area contributed by atoms with E-state index in [2.05, 4.69) is 72.1 Å². The molecule has 0 heterocycles. The van der Waals surface area contributed by atoms with Gasteiger partial charge in [-0.1, -0.05) is 13.2 Å². The van der Waals surface area contributed by atoms with Gasteiger partial charge in [-0.2, -0.15) is 0 Å². The molecule has 0 aliphatic carbocycles. The molecule has 0 saturated heterocycles. The van der Waals surface area contributed by atoms with Crippen LogP contribution in [0.5, 0.6) is 0 Å². The molecule has 0 radical (unpaired) electrons. The molecule has 0 aromatic carbocycles. The summed E-state index contributed by atoms with van der Waals surface area (Å²) in [4.78, 5) is 21.9. The molecular formula is C24H54O10Si5. The lowest BCUT2D eigenvalue weighted by Crippen LogP contribution is -2.60. The fourth-order valence-corrected chi connectivity index (χ4v) is 19.5. The molecule has 0 bridgehead atoms. The van der Waals surface area contributed by atoms with Crippen molar-refractivity contribution in [3.63, 3.8) is 0 Å². The third-order valence-electron chi connectivity index (χ3n) is 4.39. The smallest absolute Gasteiger partial charge is 0.463 e. The first-order chi connectivity index (χ1) is 17.7. The van der Waals surface area contributed by atoms with Crippen LogP contribution in [0.1, 0.15) is 12.8 Å². The lowest BCUT2D eigenvalue weighted by molar-refractivity contribution is -0.138. The van der Waals surface area contributed by atoms with Crippen molar-refractivity contribution < 1.29 is 44.7 Å². The highest BCUT2D eigenvalue weighted by Gasteiger charge is 2.49. The first-order valence-electron chi connectivity index (χ1n) is 13.1. The standard InChI is InChI=1S/C15H36O5Si4.C9H18O5Si/c1-11-15(16)17-13-12-14-24(18-21(2,3)4,19-22(5,6)7)20-23(8,9)10;1-5-9(10)14-7-6-8-15(11-2,12-3)13-4/h11H,1,12-14H2,2-10H3;5H,1,6-8H2,2-4H3. The fourth-order valence-electron chi connectivity index (χ4n) is 3.21. The number of carbonyl (C=O) groups is 2. The van der Waals surface area contributed by atoms with E-state index < -0.39 is 54.5 Å². The van der Waals surface area contributed by atoms with Crippen LogP contribution in [0.4, 0.5) is 0 Å². The Balaban J connectivity index is 0. The average Bonchev–Trinajstić information content (AvgIpc) is 2.79.